The van der Waals surface area contributed by atoms with E-state index in [9.17, 15) is 0 Å². The molecule has 1 aliphatic rings. The molecule has 0 radical (unpaired) electrons. The van der Waals surface area contributed by atoms with Gasteiger partial charge in [0.2, 0.25) is 0 Å². The lowest BCUT2D eigenvalue weighted by Gasteiger charge is -2.39. The van der Waals surface area contributed by atoms with Crippen molar-refractivity contribution in [2.75, 3.05) is 13.1 Å². The number of rotatable bonds is 6. The van der Waals surface area contributed by atoms with Gasteiger partial charge in [0.25, 0.3) is 0 Å². The lowest BCUT2D eigenvalue weighted by Crippen LogP contribution is -2.41. The predicted molar refractivity (Wildman–Crippen MR) is 72.7 cm³/mol. The number of hydrogen-bond acceptors (Lipinski definition) is 1. The fraction of sp³-hybridized carbons (Fsp3) is 1.00. The minimum absolute atomic E-state index is 0.849. The summed E-state index contributed by atoms with van der Waals surface area (Å²) in [4.78, 5) is 2.73. The van der Waals surface area contributed by atoms with E-state index in [0.717, 1.165) is 17.9 Å². The summed E-state index contributed by atoms with van der Waals surface area (Å²) in [6, 6.07) is 0.849. The average Bonchev–Trinajstić information content (AvgIpc) is 2.32. The summed E-state index contributed by atoms with van der Waals surface area (Å²) in [5.41, 5.74) is 0. The molecule has 1 atom stereocenters. The second kappa shape index (κ2) is 7.32. The summed E-state index contributed by atoms with van der Waals surface area (Å²) in [6.07, 6.45) is 8.32. The molecule has 1 nitrogen and oxygen atoms in total. The molecular weight excluding hydrogens is 194 g/mol. The molecule has 1 saturated heterocycles. The number of hydrogen-bond donors (Lipinski definition) is 0. The first-order valence-corrected chi connectivity index (χ1v) is 7.46. The molecule has 0 amide bonds. The average molecular weight is 225 g/mol. The SMILES string of the molecule is CCCC(C)C1CCN(C(CC)CC)CC1. The molecule has 96 valence electrons. The largest absolute Gasteiger partial charge is 0.300 e. The Morgan fingerprint density at radius 1 is 1.06 bits per heavy atom. The molecule has 1 unspecified atom stereocenters. The summed E-state index contributed by atoms with van der Waals surface area (Å²) in [5, 5.41) is 0. The van der Waals surface area contributed by atoms with Crippen molar-refractivity contribution in [3.63, 3.8) is 0 Å². The van der Waals surface area contributed by atoms with E-state index in [1.165, 1.54) is 51.6 Å². The van der Waals surface area contributed by atoms with Gasteiger partial charge < -0.3 is 4.90 Å². The third-order valence-corrected chi connectivity index (χ3v) is 4.58. The molecule has 0 aromatic rings. The van der Waals surface area contributed by atoms with Crippen LogP contribution in [0, 0.1) is 11.8 Å². The number of likely N-dealkylation sites (tertiary alicyclic amines) is 1. The van der Waals surface area contributed by atoms with Gasteiger partial charge in [0.05, 0.1) is 0 Å². The molecule has 16 heavy (non-hydrogen) atoms. The fourth-order valence-corrected chi connectivity index (χ4v) is 3.35. The molecule has 0 saturated carbocycles. The van der Waals surface area contributed by atoms with Crippen molar-refractivity contribution in [1.29, 1.82) is 0 Å². The van der Waals surface area contributed by atoms with Crippen molar-refractivity contribution in [3.8, 4) is 0 Å². The van der Waals surface area contributed by atoms with E-state index in [1.807, 2.05) is 0 Å². The van der Waals surface area contributed by atoms with Gasteiger partial charge in [-0.15, -0.1) is 0 Å². The molecule has 1 heteroatoms. The van der Waals surface area contributed by atoms with Crippen LogP contribution in [0.25, 0.3) is 0 Å². The van der Waals surface area contributed by atoms with Gasteiger partial charge in [0, 0.05) is 6.04 Å². The molecule has 1 rings (SSSR count). The quantitative estimate of drug-likeness (QED) is 0.650. The highest BCUT2D eigenvalue weighted by molar-refractivity contribution is 4.79. The first kappa shape index (κ1) is 14.0. The monoisotopic (exact) mass is 225 g/mol. The van der Waals surface area contributed by atoms with Gasteiger partial charge in [0.1, 0.15) is 0 Å². The normalized spacial score (nSPS) is 21.6. The van der Waals surface area contributed by atoms with Gasteiger partial charge in [-0.2, -0.15) is 0 Å². The summed E-state index contributed by atoms with van der Waals surface area (Å²) >= 11 is 0. The van der Waals surface area contributed by atoms with Crippen LogP contribution in [0.4, 0.5) is 0 Å². The number of piperidine rings is 1. The third kappa shape index (κ3) is 3.76. The van der Waals surface area contributed by atoms with Crippen LogP contribution in [0.15, 0.2) is 0 Å². The van der Waals surface area contributed by atoms with E-state index in [1.54, 1.807) is 0 Å². The Morgan fingerprint density at radius 2 is 1.62 bits per heavy atom. The van der Waals surface area contributed by atoms with E-state index >= 15 is 0 Å². The Hall–Kier alpha value is -0.0400. The van der Waals surface area contributed by atoms with E-state index in [4.69, 9.17) is 0 Å². The standard InChI is InChI=1S/C15H31N/c1-5-8-13(4)14-9-11-16(12-10-14)15(6-2)7-3/h13-15H,5-12H2,1-4H3. The van der Waals surface area contributed by atoms with Crippen molar-refractivity contribution in [3.05, 3.63) is 0 Å². The molecular formula is C15H31N. The summed E-state index contributed by atoms with van der Waals surface area (Å²) in [7, 11) is 0. The maximum absolute atomic E-state index is 2.73. The first-order valence-electron chi connectivity index (χ1n) is 7.46. The zero-order chi connectivity index (χ0) is 12.0. The van der Waals surface area contributed by atoms with Crippen molar-refractivity contribution in [2.45, 2.75) is 72.3 Å². The van der Waals surface area contributed by atoms with Crippen LogP contribution in [-0.4, -0.2) is 24.0 Å². The van der Waals surface area contributed by atoms with Crippen LogP contribution in [0.2, 0.25) is 0 Å². The Labute approximate surface area is 103 Å². The summed E-state index contributed by atoms with van der Waals surface area (Å²) < 4.78 is 0. The van der Waals surface area contributed by atoms with Crippen LogP contribution in [0.3, 0.4) is 0 Å². The van der Waals surface area contributed by atoms with Crippen molar-refractivity contribution in [1.82, 2.24) is 4.90 Å². The predicted octanol–water partition coefficient (Wildman–Crippen LogP) is 4.32. The molecule has 0 aliphatic carbocycles. The minimum Gasteiger partial charge on any atom is -0.300 e. The van der Waals surface area contributed by atoms with E-state index in [-0.39, 0.29) is 0 Å². The highest BCUT2D eigenvalue weighted by Gasteiger charge is 2.25. The molecule has 1 aliphatic heterocycles. The molecule has 1 heterocycles. The summed E-state index contributed by atoms with van der Waals surface area (Å²) in [5.74, 6) is 1.96. The first-order chi connectivity index (χ1) is 7.72. The lowest BCUT2D eigenvalue weighted by atomic mass is 9.82. The smallest absolute Gasteiger partial charge is 0.00900 e. The summed E-state index contributed by atoms with van der Waals surface area (Å²) in [6.45, 7) is 12.1. The maximum Gasteiger partial charge on any atom is 0.00900 e. The lowest BCUT2D eigenvalue weighted by molar-refractivity contribution is 0.104. The van der Waals surface area contributed by atoms with E-state index < -0.39 is 0 Å². The van der Waals surface area contributed by atoms with Crippen molar-refractivity contribution >= 4 is 0 Å². The van der Waals surface area contributed by atoms with Gasteiger partial charge in [-0.25, -0.2) is 0 Å². The van der Waals surface area contributed by atoms with Crippen LogP contribution in [-0.2, 0) is 0 Å². The topological polar surface area (TPSA) is 3.24 Å². The Kier molecular flexibility index (Phi) is 6.41. The Bertz CT molecular complexity index is 166. The molecule has 0 aromatic heterocycles. The Morgan fingerprint density at radius 3 is 2.06 bits per heavy atom. The van der Waals surface area contributed by atoms with Gasteiger partial charge in [-0.3, -0.25) is 0 Å². The highest BCUT2D eigenvalue weighted by Crippen LogP contribution is 2.29. The maximum atomic E-state index is 2.73. The van der Waals surface area contributed by atoms with Crippen molar-refractivity contribution < 1.29 is 0 Å². The van der Waals surface area contributed by atoms with Gasteiger partial charge in [-0.05, 0) is 50.6 Å². The minimum atomic E-state index is 0.849. The van der Waals surface area contributed by atoms with Gasteiger partial charge >= 0.3 is 0 Å². The Balaban J connectivity index is 2.32. The second-order valence-electron chi connectivity index (χ2n) is 5.61. The molecule has 1 fully saturated rings. The molecule has 0 bridgehead atoms. The number of nitrogens with zero attached hydrogens (tertiary/aromatic N) is 1. The molecule has 0 spiro atoms. The van der Waals surface area contributed by atoms with Gasteiger partial charge in [-0.1, -0.05) is 40.5 Å². The third-order valence-electron chi connectivity index (χ3n) is 4.58. The fourth-order valence-electron chi connectivity index (χ4n) is 3.35. The molecule has 0 N–H and O–H groups in total. The van der Waals surface area contributed by atoms with E-state index in [2.05, 4.69) is 32.6 Å². The highest BCUT2D eigenvalue weighted by atomic mass is 15.2. The van der Waals surface area contributed by atoms with E-state index in [0.29, 0.717) is 0 Å². The molecule has 0 aromatic carbocycles. The van der Waals surface area contributed by atoms with Crippen LogP contribution in [0.1, 0.15) is 66.2 Å². The van der Waals surface area contributed by atoms with Crippen molar-refractivity contribution in [2.24, 2.45) is 11.8 Å². The van der Waals surface area contributed by atoms with Gasteiger partial charge in [0.15, 0.2) is 0 Å². The van der Waals surface area contributed by atoms with Crippen LogP contribution >= 0.6 is 0 Å². The zero-order valence-electron chi connectivity index (χ0n) is 11.8. The van der Waals surface area contributed by atoms with Crippen LogP contribution < -0.4 is 0 Å². The second-order valence-corrected chi connectivity index (χ2v) is 5.61. The zero-order valence-corrected chi connectivity index (χ0v) is 11.8. The van der Waals surface area contributed by atoms with Crippen LogP contribution in [0.5, 0.6) is 0 Å².